The van der Waals surface area contributed by atoms with Gasteiger partial charge in [0.2, 0.25) is 0 Å². The molecule has 1 aliphatic carbocycles. The van der Waals surface area contributed by atoms with Crippen LogP contribution in [-0.4, -0.2) is 0 Å². The van der Waals surface area contributed by atoms with Crippen molar-refractivity contribution in [2.24, 2.45) is 0 Å². The number of nitrogens with zero attached hydrogens (tertiary/aromatic N) is 1. The third kappa shape index (κ3) is 2.67. The van der Waals surface area contributed by atoms with Crippen LogP contribution in [0.25, 0.3) is 0 Å². The molecule has 100 valence electrons. The Labute approximate surface area is 120 Å². The Morgan fingerprint density at radius 1 is 1.00 bits per heavy atom. The fourth-order valence-electron chi connectivity index (χ4n) is 2.84. The molecule has 0 bridgehead atoms. The summed E-state index contributed by atoms with van der Waals surface area (Å²) in [6, 6.07) is 16.5. The van der Waals surface area contributed by atoms with Crippen LogP contribution in [0.15, 0.2) is 42.5 Å². The zero-order valence-corrected chi connectivity index (χ0v) is 11.5. The Hall–Kier alpha value is -2.27. The molecule has 0 aromatic heterocycles. The average Bonchev–Trinajstić information content (AvgIpc) is 2.53. The fourth-order valence-corrected chi connectivity index (χ4v) is 2.84. The first-order valence-corrected chi connectivity index (χ1v) is 7.20. The van der Waals surface area contributed by atoms with Crippen molar-refractivity contribution in [1.29, 1.82) is 5.26 Å². The summed E-state index contributed by atoms with van der Waals surface area (Å²) in [6.07, 6.45) is 5.00. The quantitative estimate of drug-likeness (QED) is 0.905. The zero-order valence-electron chi connectivity index (χ0n) is 11.5. The summed E-state index contributed by atoms with van der Waals surface area (Å²) in [5.41, 5.74) is 6.18. The van der Waals surface area contributed by atoms with E-state index in [1.807, 2.05) is 24.3 Å². The molecule has 2 aromatic carbocycles. The first-order chi connectivity index (χ1) is 9.86. The first-order valence-electron chi connectivity index (χ1n) is 7.20. The summed E-state index contributed by atoms with van der Waals surface area (Å²) >= 11 is 0. The molecule has 0 aliphatic heterocycles. The van der Waals surface area contributed by atoms with Gasteiger partial charge in [-0.15, -0.1) is 0 Å². The predicted octanol–water partition coefficient (Wildman–Crippen LogP) is 4.05. The number of benzene rings is 2. The largest absolute Gasteiger partial charge is 0.381 e. The van der Waals surface area contributed by atoms with Crippen molar-refractivity contribution in [3.8, 4) is 6.07 Å². The summed E-state index contributed by atoms with van der Waals surface area (Å²) in [4.78, 5) is 0. The van der Waals surface area contributed by atoms with Gasteiger partial charge in [0.1, 0.15) is 0 Å². The normalized spacial score (nSPS) is 13.3. The van der Waals surface area contributed by atoms with Gasteiger partial charge < -0.3 is 5.32 Å². The maximum atomic E-state index is 8.80. The van der Waals surface area contributed by atoms with Gasteiger partial charge in [-0.2, -0.15) is 5.26 Å². The molecule has 0 radical (unpaired) electrons. The molecule has 0 spiro atoms. The Balaban J connectivity index is 1.73. The fraction of sp³-hybridized carbons (Fsp3) is 0.278. The third-order valence-electron chi connectivity index (χ3n) is 3.96. The lowest BCUT2D eigenvalue weighted by molar-refractivity contribution is 0.686. The molecular weight excluding hydrogens is 244 g/mol. The Kier molecular flexibility index (Phi) is 3.69. The highest BCUT2D eigenvalue weighted by Gasteiger charge is 2.12. The minimum absolute atomic E-state index is 0.714. The summed E-state index contributed by atoms with van der Waals surface area (Å²) in [6.45, 7) is 0.808. The van der Waals surface area contributed by atoms with Gasteiger partial charge in [-0.3, -0.25) is 0 Å². The topological polar surface area (TPSA) is 35.8 Å². The molecule has 0 amide bonds. The minimum Gasteiger partial charge on any atom is -0.381 e. The number of anilines is 1. The van der Waals surface area contributed by atoms with Gasteiger partial charge in [0.15, 0.2) is 0 Å². The van der Waals surface area contributed by atoms with Gasteiger partial charge in [-0.05, 0) is 60.6 Å². The molecule has 3 rings (SSSR count). The number of fused-ring (bicyclic) bond motifs is 1. The van der Waals surface area contributed by atoms with Gasteiger partial charge in [-0.1, -0.05) is 24.3 Å². The van der Waals surface area contributed by atoms with E-state index >= 15 is 0 Å². The summed E-state index contributed by atoms with van der Waals surface area (Å²) in [5.74, 6) is 0. The number of aryl methyl sites for hydroxylation is 1. The van der Waals surface area contributed by atoms with Crippen molar-refractivity contribution < 1.29 is 0 Å². The first kappa shape index (κ1) is 12.7. The van der Waals surface area contributed by atoms with Crippen LogP contribution in [0.3, 0.4) is 0 Å². The van der Waals surface area contributed by atoms with Crippen molar-refractivity contribution >= 4 is 5.69 Å². The molecule has 0 atom stereocenters. The van der Waals surface area contributed by atoms with Crippen LogP contribution >= 0.6 is 0 Å². The lowest BCUT2D eigenvalue weighted by atomic mass is 9.90. The summed E-state index contributed by atoms with van der Waals surface area (Å²) in [7, 11) is 0. The number of nitrogens with one attached hydrogen (secondary N) is 1. The molecule has 1 aliphatic rings. The monoisotopic (exact) mass is 262 g/mol. The molecule has 0 fully saturated rings. The predicted molar refractivity (Wildman–Crippen MR) is 81.6 cm³/mol. The lowest BCUT2D eigenvalue weighted by Crippen LogP contribution is -2.08. The zero-order chi connectivity index (χ0) is 13.8. The van der Waals surface area contributed by atoms with E-state index in [1.54, 1.807) is 0 Å². The van der Waals surface area contributed by atoms with Crippen molar-refractivity contribution in [1.82, 2.24) is 0 Å². The van der Waals surface area contributed by atoms with Crippen molar-refractivity contribution in [2.75, 3.05) is 5.32 Å². The van der Waals surface area contributed by atoms with Crippen LogP contribution in [-0.2, 0) is 19.4 Å². The Morgan fingerprint density at radius 2 is 1.80 bits per heavy atom. The van der Waals surface area contributed by atoms with Crippen molar-refractivity contribution in [2.45, 2.75) is 32.2 Å². The molecule has 1 N–H and O–H groups in total. The lowest BCUT2D eigenvalue weighted by Gasteiger charge is -2.20. The van der Waals surface area contributed by atoms with Crippen molar-refractivity contribution in [3.63, 3.8) is 0 Å². The molecule has 0 unspecified atom stereocenters. The van der Waals surface area contributed by atoms with Crippen LogP contribution in [0.4, 0.5) is 5.69 Å². The Morgan fingerprint density at radius 3 is 2.60 bits per heavy atom. The average molecular weight is 262 g/mol. The molecule has 2 heteroatoms. The van der Waals surface area contributed by atoms with E-state index in [-0.39, 0.29) is 0 Å². The summed E-state index contributed by atoms with van der Waals surface area (Å²) in [5, 5.41) is 12.3. The van der Waals surface area contributed by atoms with Gasteiger partial charge in [-0.25, -0.2) is 0 Å². The van der Waals surface area contributed by atoms with Crippen LogP contribution < -0.4 is 5.32 Å². The van der Waals surface area contributed by atoms with Crippen LogP contribution in [0.5, 0.6) is 0 Å². The van der Waals surface area contributed by atoms with E-state index < -0.39 is 0 Å². The standard InChI is InChI=1S/C18H18N2/c19-12-14-8-10-15(11-9-14)13-20-18-7-3-5-16-4-1-2-6-17(16)18/h3,5,7-11,20H,1-2,4,6,13H2. The number of nitriles is 1. The second kappa shape index (κ2) is 5.79. The smallest absolute Gasteiger partial charge is 0.0991 e. The van der Waals surface area contributed by atoms with E-state index in [2.05, 4.69) is 29.6 Å². The molecule has 0 saturated carbocycles. The van der Waals surface area contributed by atoms with E-state index in [0.29, 0.717) is 5.56 Å². The number of hydrogen-bond acceptors (Lipinski definition) is 2. The van der Waals surface area contributed by atoms with E-state index in [0.717, 1.165) is 6.54 Å². The highest BCUT2D eigenvalue weighted by atomic mass is 14.9. The second-order valence-corrected chi connectivity index (χ2v) is 5.31. The van der Waals surface area contributed by atoms with Gasteiger partial charge >= 0.3 is 0 Å². The van der Waals surface area contributed by atoms with Crippen molar-refractivity contribution in [3.05, 3.63) is 64.7 Å². The molecule has 20 heavy (non-hydrogen) atoms. The van der Waals surface area contributed by atoms with Gasteiger partial charge in [0.25, 0.3) is 0 Å². The minimum atomic E-state index is 0.714. The molecular formula is C18H18N2. The van der Waals surface area contributed by atoms with Gasteiger partial charge in [0.05, 0.1) is 11.6 Å². The third-order valence-corrected chi connectivity index (χ3v) is 3.96. The number of hydrogen-bond donors (Lipinski definition) is 1. The SMILES string of the molecule is N#Cc1ccc(CNc2cccc3c2CCCC3)cc1. The van der Waals surface area contributed by atoms with E-state index in [9.17, 15) is 0 Å². The highest BCUT2D eigenvalue weighted by molar-refractivity contribution is 5.56. The molecule has 0 saturated heterocycles. The van der Waals surface area contributed by atoms with E-state index in [4.69, 9.17) is 5.26 Å². The molecule has 2 nitrogen and oxygen atoms in total. The highest BCUT2D eigenvalue weighted by Crippen LogP contribution is 2.28. The second-order valence-electron chi connectivity index (χ2n) is 5.31. The maximum Gasteiger partial charge on any atom is 0.0991 e. The van der Waals surface area contributed by atoms with Crippen LogP contribution in [0.1, 0.15) is 35.1 Å². The van der Waals surface area contributed by atoms with Crippen LogP contribution in [0.2, 0.25) is 0 Å². The molecule has 0 heterocycles. The van der Waals surface area contributed by atoms with Gasteiger partial charge in [0, 0.05) is 12.2 Å². The Bertz CT molecular complexity index is 635. The van der Waals surface area contributed by atoms with Crippen LogP contribution in [0, 0.1) is 11.3 Å². The summed E-state index contributed by atoms with van der Waals surface area (Å²) < 4.78 is 0. The number of rotatable bonds is 3. The van der Waals surface area contributed by atoms with E-state index in [1.165, 1.54) is 48.1 Å². The molecule has 2 aromatic rings. The maximum absolute atomic E-state index is 8.80.